The van der Waals surface area contributed by atoms with Crippen LogP contribution in [0.3, 0.4) is 0 Å². The van der Waals surface area contributed by atoms with Crippen molar-refractivity contribution in [1.82, 2.24) is 9.88 Å². The Morgan fingerprint density at radius 2 is 2.04 bits per heavy atom. The number of aryl methyl sites for hydroxylation is 1. The summed E-state index contributed by atoms with van der Waals surface area (Å²) in [6.45, 7) is 2.50. The van der Waals surface area contributed by atoms with Gasteiger partial charge in [-0.25, -0.2) is 0 Å². The lowest BCUT2D eigenvalue weighted by Crippen LogP contribution is -2.26. The molecule has 0 N–H and O–H groups in total. The first kappa shape index (κ1) is 16.9. The molecule has 0 fully saturated rings. The van der Waals surface area contributed by atoms with Crippen molar-refractivity contribution in [3.8, 4) is 11.3 Å². The molecule has 0 spiro atoms. The molecular weight excluding hydrogens is 384 g/mol. The first-order valence-electron chi connectivity index (χ1n) is 7.56. The zero-order chi connectivity index (χ0) is 17.1. The van der Waals surface area contributed by atoms with Crippen LogP contribution in [0.1, 0.15) is 20.9 Å². The molecule has 1 aromatic carbocycles. The number of thiophene rings is 1. The van der Waals surface area contributed by atoms with Gasteiger partial charge in [-0.2, -0.15) is 0 Å². The Morgan fingerprint density at radius 1 is 1.21 bits per heavy atom. The molecule has 0 radical (unpaired) electrons. The molecule has 1 amide bonds. The smallest absolute Gasteiger partial charge is 0.255 e. The zero-order valence-electron chi connectivity index (χ0n) is 13.5. The topological polar surface area (TPSA) is 33.2 Å². The van der Waals surface area contributed by atoms with E-state index in [0.717, 1.165) is 21.4 Å². The third-order valence-electron chi connectivity index (χ3n) is 3.76. The van der Waals surface area contributed by atoms with Crippen LogP contribution in [0.5, 0.6) is 0 Å². The molecule has 3 aromatic rings. The maximum atomic E-state index is 12.7. The van der Waals surface area contributed by atoms with Crippen molar-refractivity contribution in [2.24, 2.45) is 0 Å². The molecule has 3 rings (SSSR count). The van der Waals surface area contributed by atoms with Crippen molar-refractivity contribution < 1.29 is 4.79 Å². The number of amides is 1. The van der Waals surface area contributed by atoms with E-state index in [1.807, 2.05) is 67.9 Å². The van der Waals surface area contributed by atoms with Gasteiger partial charge in [-0.1, -0.05) is 34.1 Å². The number of hydrogen-bond acceptors (Lipinski definition) is 3. The summed E-state index contributed by atoms with van der Waals surface area (Å²) in [5.41, 5.74) is 3.29. The van der Waals surface area contributed by atoms with E-state index in [4.69, 9.17) is 0 Å². The number of halogens is 1. The Hall–Kier alpha value is -1.98. The van der Waals surface area contributed by atoms with E-state index in [2.05, 4.69) is 20.9 Å². The van der Waals surface area contributed by atoms with E-state index in [0.29, 0.717) is 12.1 Å². The van der Waals surface area contributed by atoms with E-state index in [-0.39, 0.29) is 5.91 Å². The highest BCUT2D eigenvalue weighted by atomic mass is 79.9. The van der Waals surface area contributed by atoms with Crippen LogP contribution in [0.15, 0.2) is 58.4 Å². The third-order valence-corrected chi connectivity index (χ3v) is 5.11. The fourth-order valence-corrected chi connectivity index (χ4v) is 3.67. The fraction of sp³-hybridized carbons (Fsp3) is 0.158. The molecule has 0 bridgehead atoms. The van der Waals surface area contributed by atoms with E-state index in [1.54, 1.807) is 16.2 Å². The number of nitrogens with zero attached hydrogens (tertiary/aromatic N) is 2. The highest BCUT2D eigenvalue weighted by molar-refractivity contribution is 9.10. The van der Waals surface area contributed by atoms with Crippen molar-refractivity contribution in [3.63, 3.8) is 0 Å². The van der Waals surface area contributed by atoms with Crippen LogP contribution in [-0.4, -0.2) is 22.8 Å². The van der Waals surface area contributed by atoms with Gasteiger partial charge in [-0.3, -0.25) is 9.78 Å². The van der Waals surface area contributed by atoms with Crippen molar-refractivity contribution in [2.75, 3.05) is 7.05 Å². The molecule has 0 saturated heterocycles. The number of rotatable bonds is 4. The predicted molar refractivity (Wildman–Crippen MR) is 102 cm³/mol. The van der Waals surface area contributed by atoms with Gasteiger partial charge in [0.15, 0.2) is 0 Å². The van der Waals surface area contributed by atoms with E-state index >= 15 is 0 Å². The average molecular weight is 401 g/mol. The van der Waals surface area contributed by atoms with Crippen molar-refractivity contribution in [2.45, 2.75) is 13.5 Å². The number of carbonyl (C=O) groups is 1. The quantitative estimate of drug-likeness (QED) is 0.606. The summed E-state index contributed by atoms with van der Waals surface area (Å²) in [4.78, 5) is 20.2. The Labute approximate surface area is 154 Å². The zero-order valence-corrected chi connectivity index (χ0v) is 15.9. The summed E-state index contributed by atoms with van der Waals surface area (Å²) in [5, 5.41) is 2.02. The monoisotopic (exact) mass is 400 g/mol. The second-order valence-corrected chi connectivity index (χ2v) is 7.53. The second kappa shape index (κ2) is 7.28. The van der Waals surface area contributed by atoms with E-state index < -0.39 is 0 Å². The number of benzene rings is 1. The molecule has 0 aliphatic carbocycles. The van der Waals surface area contributed by atoms with Gasteiger partial charge in [0.25, 0.3) is 5.91 Å². The maximum Gasteiger partial charge on any atom is 0.255 e. The molecule has 0 atom stereocenters. The standard InChI is InChI=1S/C19H17BrN2OS/c1-13-17(19(23)22(2)12-16-7-4-10-24-16)8-9-18(21-13)14-5-3-6-15(20)11-14/h3-11H,12H2,1-2H3. The molecule has 5 heteroatoms. The van der Waals surface area contributed by atoms with Crippen LogP contribution in [0, 0.1) is 6.92 Å². The van der Waals surface area contributed by atoms with Gasteiger partial charge in [-0.15, -0.1) is 11.3 Å². The molecule has 2 heterocycles. The molecule has 3 nitrogen and oxygen atoms in total. The van der Waals surface area contributed by atoms with Crippen molar-refractivity contribution >= 4 is 33.2 Å². The molecular formula is C19H17BrN2OS. The van der Waals surface area contributed by atoms with Crippen LogP contribution in [-0.2, 0) is 6.54 Å². The summed E-state index contributed by atoms with van der Waals surface area (Å²) < 4.78 is 1.01. The first-order chi connectivity index (χ1) is 11.5. The molecule has 0 unspecified atom stereocenters. The normalized spacial score (nSPS) is 10.6. The third kappa shape index (κ3) is 3.74. The van der Waals surface area contributed by atoms with Crippen LogP contribution in [0.25, 0.3) is 11.3 Å². The lowest BCUT2D eigenvalue weighted by atomic mass is 10.1. The van der Waals surface area contributed by atoms with Crippen LogP contribution in [0.4, 0.5) is 0 Å². The second-order valence-electron chi connectivity index (χ2n) is 5.58. The van der Waals surface area contributed by atoms with Gasteiger partial charge in [-0.05, 0) is 42.6 Å². The van der Waals surface area contributed by atoms with Crippen LogP contribution < -0.4 is 0 Å². The number of aromatic nitrogens is 1. The van der Waals surface area contributed by atoms with Gasteiger partial charge >= 0.3 is 0 Å². The average Bonchev–Trinajstić information content (AvgIpc) is 3.07. The summed E-state index contributed by atoms with van der Waals surface area (Å²) in [7, 11) is 1.82. The molecule has 0 saturated carbocycles. The minimum absolute atomic E-state index is 0.00538. The highest BCUT2D eigenvalue weighted by Crippen LogP contribution is 2.23. The Balaban J connectivity index is 1.83. The number of pyridine rings is 1. The summed E-state index contributed by atoms with van der Waals surface area (Å²) >= 11 is 5.13. The Morgan fingerprint density at radius 3 is 2.71 bits per heavy atom. The van der Waals surface area contributed by atoms with Gasteiger partial charge in [0.2, 0.25) is 0 Å². The van der Waals surface area contributed by atoms with Gasteiger partial charge in [0.05, 0.1) is 23.5 Å². The SMILES string of the molecule is Cc1nc(-c2cccc(Br)c2)ccc1C(=O)N(C)Cc1cccs1. The summed E-state index contributed by atoms with van der Waals surface area (Å²) in [6.07, 6.45) is 0. The predicted octanol–water partition coefficient (Wildman–Crippen LogP) is 5.15. The Bertz CT molecular complexity index is 862. The number of carbonyl (C=O) groups excluding carboxylic acids is 1. The molecule has 0 aliphatic rings. The van der Waals surface area contributed by atoms with Crippen molar-refractivity contribution in [1.29, 1.82) is 0 Å². The summed E-state index contributed by atoms with van der Waals surface area (Å²) in [5.74, 6) is -0.00538. The summed E-state index contributed by atoms with van der Waals surface area (Å²) in [6, 6.07) is 15.8. The molecule has 2 aromatic heterocycles. The van der Waals surface area contributed by atoms with E-state index in [9.17, 15) is 4.79 Å². The Kier molecular flexibility index (Phi) is 5.11. The lowest BCUT2D eigenvalue weighted by molar-refractivity contribution is 0.0785. The van der Waals surface area contributed by atoms with Crippen LogP contribution >= 0.6 is 27.3 Å². The molecule has 0 aliphatic heterocycles. The minimum atomic E-state index is -0.00538. The van der Waals surface area contributed by atoms with Gasteiger partial charge in [0.1, 0.15) is 0 Å². The maximum absolute atomic E-state index is 12.7. The molecule has 24 heavy (non-hydrogen) atoms. The van der Waals surface area contributed by atoms with Crippen LogP contribution in [0.2, 0.25) is 0 Å². The largest absolute Gasteiger partial charge is 0.337 e. The number of hydrogen-bond donors (Lipinski definition) is 0. The molecule has 122 valence electrons. The van der Waals surface area contributed by atoms with Gasteiger partial charge in [0, 0.05) is 22.0 Å². The van der Waals surface area contributed by atoms with Gasteiger partial charge < -0.3 is 4.90 Å². The highest BCUT2D eigenvalue weighted by Gasteiger charge is 2.16. The van der Waals surface area contributed by atoms with E-state index in [1.165, 1.54) is 4.88 Å². The minimum Gasteiger partial charge on any atom is -0.337 e. The first-order valence-corrected chi connectivity index (χ1v) is 9.23. The lowest BCUT2D eigenvalue weighted by Gasteiger charge is -2.17. The fourth-order valence-electron chi connectivity index (χ4n) is 2.51. The van der Waals surface area contributed by atoms with Crippen molar-refractivity contribution in [3.05, 3.63) is 74.5 Å².